The zero-order valence-electron chi connectivity index (χ0n) is 14.6. The molecule has 1 aromatic heterocycles. The molecule has 2 saturated heterocycles. The summed E-state index contributed by atoms with van der Waals surface area (Å²) in [4.78, 5) is 42.2. The summed E-state index contributed by atoms with van der Waals surface area (Å²) >= 11 is 5.84. The summed E-state index contributed by atoms with van der Waals surface area (Å²) in [5.74, 6) is -0.0877. The fourth-order valence-corrected chi connectivity index (χ4v) is 8.30. The number of hydrogen-bond acceptors (Lipinski definition) is 11. The van der Waals surface area contributed by atoms with E-state index in [1.54, 1.807) is 23.5 Å². The molecule has 0 radical (unpaired) electrons. The third-order valence-electron chi connectivity index (χ3n) is 4.47. The van der Waals surface area contributed by atoms with Crippen molar-refractivity contribution in [3.63, 3.8) is 0 Å². The van der Waals surface area contributed by atoms with Gasteiger partial charge in [-0.15, -0.1) is 46.6 Å². The van der Waals surface area contributed by atoms with Crippen molar-refractivity contribution in [1.29, 1.82) is 0 Å². The van der Waals surface area contributed by atoms with Gasteiger partial charge in [0, 0.05) is 22.6 Å². The fourth-order valence-electron chi connectivity index (χ4n) is 3.20. The van der Waals surface area contributed by atoms with Crippen molar-refractivity contribution in [3.8, 4) is 0 Å². The molecule has 4 rings (SSSR count). The molecule has 0 saturated carbocycles. The molecular weight excluding hydrogens is 458 g/mol. The number of nitrogens with two attached hydrogens (primary N) is 1. The van der Waals surface area contributed by atoms with E-state index in [4.69, 9.17) is 5.73 Å². The number of nitrogens with zero attached hydrogens (tertiary/aromatic N) is 3. The maximum Gasteiger partial charge on any atom is 0.352 e. The Morgan fingerprint density at radius 3 is 2.62 bits per heavy atom. The first-order valence-electron chi connectivity index (χ1n) is 8.31. The number of nitrogens with one attached hydrogen (secondary N) is 1. The number of oxime groups is 1. The number of nitrogen functional groups attached to an aromatic ring is 1. The Bertz CT molecular complexity index is 941. The van der Waals surface area contributed by atoms with E-state index in [2.05, 4.69) is 15.5 Å². The first kappa shape index (κ1) is 20.4. The normalized spacial score (nSPS) is 25.0. The second kappa shape index (κ2) is 8.08. The van der Waals surface area contributed by atoms with Gasteiger partial charge in [-0.2, -0.15) is 0 Å². The van der Waals surface area contributed by atoms with Crippen LogP contribution in [0.5, 0.6) is 0 Å². The second-order valence-corrected chi connectivity index (χ2v) is 10.9. The Morgan fingerprint density at radius 1 is 1.31 bits per heavy atom. The number of β-lactam (4-membered cyclic amide) rings is 1. The van der Waals surface area contributed by atoms with Gasteiger partial charge in [-0.05, 0) is 5.57 Å². The minimum absolute atomic E-state index is 0.0134. The van der Waals surface area contributed by atoms with Gasteiger partial charge in [-0.1, -0.05) is 5.16 Å². The van der Waals surface area contributed by atoms with Crippen molar-refractivity contribution in [2.75, 3.05) is 23.0 Å². The van der Waals surface area contributed by atoms with E-state index >= 15 is 0 Å². The number of thiazole rings is 1. The van der Waals surface area contributed by atoms with Gasteiger partial charge in [-0.25, -0.2) is 9.78 Å². The highest BCUT2D eigenvalue weighted by Gasteiger charge is 2.55. The van der Waals surface area contributed by atoms with Crippen LogP contribution in [0, 0.1) is 0 Å². The molecular formula is C15H15N5O5S4. The van der Waals surface area contributed by atoms with Crippen molar-refractivity contribution in [2.45, 2.75) is 16.0 Å². The second-order valence-electron chi connectivity index (χ2n) is 6.13. The zero-order valence-corrected chi connectivity index (χ0v) is 17.9. The summed E-state index contributed by atoms with van der Waals surface area (Å²) in [6.45, 7) is 0. The number of carboxylic acids is 1. The highest BCUT2D eigenvalue weighted by atomic mass is 32.2. The molecule has 3 aliphatic heterocycles. The lowest BCUT2D eigenvalue weighted by Crippen LogP contribution is -2.71. The van der Waals surface area contributed by atoms with E-state index in [1.165, 1.54) is 22.0 Å². The largest absolute Gasteiger partial charge is 0.477 e. The Kier molecular flexibility index (Phi) is 5.68. The molecule has 3 aliphatic rings. The average molecular weight is 474 g/mol. The number of fused-ring (bicyclic) bond motifs is 1. The van der Waals surface area contributed by atoms with Gasteiger partial charge in [0.15, 0.2) is 10.8 Å². The predicted octanol–water partition coefficient (Wildman–Crippen LogP) is 0.448. The van der Waals surface area contributed by atoms with E-state index in [1.807, 2.05) is 0 Å². The molecule has 0 aliphatic carbocycles. The van der Waals surface area contributed by atoms with Gasteiger partial charge in [0.2, 0.25) is 0 Å². The van der Waals surface area contributed by atoms with Crippen LogP contribution < -0.4 is 11.1 Å². The van der Waals surface area contributed by atoms with Gasteiger partial charge in [0.25, 0.3) is 11.8 Å². The molecule has 2 amide bonds. The minimum Gasteiger partial charge on any atom is -0.477 e. The number of rotatable bonds is 5. The van der Waals surface area contributed by atoms with Gasteiger partial charge in [0.05, 0.1) is 4.58 Å². The molecule has 0 bridgehead atoms. The summed E-state index contributed by atoms with van der Waals surface area (Å²) in [6.07, 6.45) is 0. The molecule has 154 valence electrons. The van der Waals surface area contributed by atoms with Gasteiger partial charge in [0.1, 0.15) is 22.8 Å². The third kappa shape index (κ3) is 3.58. The number of carboxylic acid groups (broad SMARTS) is 1. The Balaban J connectivity index is 1.52. The number of amides is 2. The highest BCUT2D eigenvalue weighted by molar-refractivity contribution is 8.20. The van der Waals surface area contributed by atoms with Crippen molar-refractivity contribution in [2.24, 2.45) is 5.16 Å². The number of aliphatic carboxylic acids is 1. The van der Waals surface area contributed by atoms with E-state index in [0.29, 0.717) is 5.75 Å². The molecule has 14 heteroatoms. The number of thioether (sulfide) groups is 3. The first-order valence-corrected chi connectivity index (χ1v) is 12.3. The van der Waals surface area contributed by atoms with Crippen molar-refractivity contribution < 1.29 is 24.7 Å². The summed E-state index contributed by atoms with van der Waals surface area (Å²) in [7, 11) is 0. The lowest BCUT2D eigenvalue weighted by atomic mass is 10.0. The highest BCUT2D eigenvalue weighted by Crippen LogP contribution is 2.47. The first-order chi connectivity index (χ1) is 13.9. The van der Waals surface area contributed by atoms with E-state index in [-0.39, 0.29) is 26.8 Å². The lowest BCUT2D eigenvalue weighted by molar-refractivity contribution is -0.150. The summed E-state index contributed by atoms with van der Waals surface area (Å²) in [6, 6.07) is -0.917. The topological polar surface area (TPSA) is 158 Å². The van der Waals surface area contributed by atoms with Crippen LogP contribution in [0.25, 0.3) is 0 Å². The number of aromatic nitrogens is 1. The molecule has 1 aromatic rings. The van der Waals surface area contributed by atoms with Crippen LogP contribution in [0.3, 0.4) is 0 Å². The van der Waals surface area contributed by atoms with Crippen LogP contribution in [0.2, 0.25) is 0 Å². The Hall–Kier alpha value is -1.90. The summed E-state index contributed by atoms with van der Waals surface area (Å²) < 4.78 is 0.0271. The Labute approximate surface area is 181 Å². The Morgan fingerprint density at radius 2 is 2.03 bits per heavy atom. The monoisotopic (exact) mass is 473 g/mol. The van der Waals surface area contributed by atoms with Crippen LogP contribution in [-0.2, 0) is 14.4 Å². The quantitative estimate of drug-likeness (QED) is 0.205. The molecule has 29 heavy (non-hydrogen) atoms. The minimum atomic E-state index is -1.15. The molecule has 4 heterocycles. The van der Waals surface area contributed by atoms with Gasteiger partial charge in [-0.3, -0.25) is 14.5 Å². The van der Waals surface area contributed by atoms with Crippen molar-refractivity contribution in [3.05, 3.63) is 22.3 Å². The summed E-state index contributed by atoms with van der Waals surface area (Å²) in [5.41, 5.74) is 6.02. The smallest absolute Gasteiger partial charge is 0.352 e. The van der Waals surface area contributed by atoms with Gasteiger partial charge >= 0.3 is 5.97 Å². The van der Waals surface area contributed by atoms with E-state index in [0.717, 1.165) is 28.4 Å². The predicted molar refractivity (Wildman–Crippen MR) is 113 cm³/mol. The lowest BCUT2D eigenvalue weighted by Gasteiger charge is -2.49. The average Bonchev–Trinajstić information content (AvgIpc) is 3.37. The molecule has 2 atom stereocenters. The SMILES string of the molecule is Nc1nc(/C(=N/O)C(=O)NC2C(=O)N3C(C(=O)O)=C(C4SCCS4)CSC23)cs1. The maximum atomic E-state index is 12.7. The van der Waals surface area contributed by atoms with Crippen molar-refractivity contribution >= 4 is 75.2 Å². The van der Waals surface area contributed by atoms with E-state index in [9.17, 15) is 24.7 Å². The summed E-state index contributed by atoms with van der Waals surface area (Å²) in [5, 5.41) is 25.5. The van der Waals surface area contributed by atoms with Gasteiger partial charge < -0.3 is 21.4 Å². The molecule has 2 unspecified atom stereocenters. The molecule has 2 fully saturated rings. The third-order valence-corrected chi connectivity index (χ3v) is 9.58. The maximum absolute atomic E-state index is 12.7. The van der Waals surface area contributed by atoms with Crippen LogP contribution >= 0.6 is 46.6 Å². The number of anilines is 1. The van der Waals surface area contributed by atoms with Crippen molar-refractivity contribution in [1.82, 2.24) is 15.2 Å². The number of hydrogen-bond donors (Lipinski definition) is 4. The molecule has 5 N–H and O–H groups in total. The van der Waals surface area contributed by atoms with Crippen LogP contribution in [-0.4, -0.2) is 76.9 Å². The van der Waals surface area contributed by atoms with Crippen LogP contribution in [0.15, 0.2) is 21.8 Å². The van der Waals surface area contributed by atoms with E-state index < -0.39 is 29.2 Å². The van der Waals surface area contributed by atoms with Crippen LogP contribution in [0.1, 0.15) is 5.69 Å². The van der Waals surface area contributed by atoms with Crippen LogP contribution in [0.4, 0.5) is 5.13 Å². The molecule has 10 nitrogen and oxygen atoms in total. The molecule has 0 spiro atoms. The zero-order chi connectivity index (χ0) is 20.7. The fraction of sp³-hybridized carbons (Fsp3) is 0.400. The number of carbonyl (C=O) groups is 3. The number of carbonyl (C=O) groups excluding carboxylic acids is 2. The molecule has 0 aromatic carbocycles. The standard InChI is InChI=1S/C15H15N5O5S4/c16-15-17-6(4-29-15)7(19-25)10(21)18-8-11(22)20-9(13(23)24)5(3-28-12(8)20)14-26-1-2-27-14/h4,8,12,14,25H,1-3H2,(H2,16,17)(H,18,21)(H,23,24)/b19-7-.